The van der Waals surface area contributed by atoms with Gasteiger partial charge in [0.15, 0.2) is 11.6 Å². The molecular weight excluding hydrogens is 422 g/mol. The predicted octanol–water partition coefficient (Wildman–Crippen LogP) is 2.06. The number of carbonyl (C=O) groups excluding carboxylic acids is 2. The van der Waals surface area contributed by atoms with Crippen molar-refractivity contribution < 1.29 is 14.7 Å². The second-order valence-electron chi connectivity index (χ2n) is 9.84. The molecule has 8 nitrogen and oxygen atoms in total. The van der Waals surface area contributed by atoms with E-state index in [0.717, 1.165) is 15.7 Å². The van der Waals surface area contributed by atoms with E-state index in [4.69, 9.17) is 0 Å². The minimum absolute atomic E-state index is 0.0804. The van der Waals surface area contributed by atoms with Crippen LogP contribution in [0.15, 0.2) is 45.0 Å². The summed E-state index contributed by atoms with van der Waals surface area (Å²) in [5, 5.41) is 10.4. The van der Waals surface area contributed by atoms with Crippen LogP contribution < -0.4 is 11.4 Å². The van der Waals surface area contributed by atoms with Crippen LogP contribution in [0.4, 0.5) is 0 Å². The van der Waals surface area contributed by atoms with Crippen molar-refractivity contribution in [2.45, 2.75) is 52.6 Å². The molecule has 0 amide bonds. The molecule has 5 rings (SSSR count). The first kappa shape index (κ1) is 21.4. The molecule has 0 radical (unpaired) electrons. The molecule has 0 bridgehead atoms. The first-order chi connectivity index (χ1) is 15.5. The highest BCUT2D eigenvalue weighted by Crippen LogP contribution is 2.60. The Labute approximate surface area is 190 Å². The third kappa shape index (κ3) is 2.63. The number of phenols is 1. The number of rotatable bonds is 1. The topological polar surface area (TPSA) is 103 Å². The minimum atomic E-state index is -1.03. The lowest BCUT2D eigenvalue weighted by molar-refractivity contribution is -0.139. The second kappa shape index (κ2) is 6.79. The van der Waals surface area contributed by atoms with Gasteiger partial charge in [-0.05, 0) is 61.1 Å². The molecule has 3 aliphatic rings. The van der Waals surface area contributed by atoms with Crippen molar-refractivity contribution in [3.8, 4) is 5.75 Å². The Bertz CT molecular complexity index is 1410. The maximum absolute atomic E-state index is 13.7. The van der Waals surface area contributed by atoms with Crippen LogP contribution in [0.2, 0.25) is 0 Å². The second-order valence-corrected chi connectivity index (χ2v) is 9.84. The van der Waals surface area contributed by atoms with Crippen LogP contribution in [0.3, 0.4) is 0 Å². The zero-order valence-electron chi connectivity index (χ0n) is 19.4. The summed E-state index contributed by atoms with van der Waals surface area (Å²) in [5.74, 6) is -1.13. The largest absolute Gasteiger partial charge is 0.507 e. The number of hydrogen-bond acceptors (Lipinski definition) is 5. The number of aryl methyl sites for hydroxylation is 2. The van der Waals surface area contributed by atoms with Crippen molar-refractivity contribution in [3.05, 3.63) is 73.1 Å². The van der Waals surface area contributed by atoms with Crippen LogP contribution in [0.25, 0.3) is 0 Å². The monoisotopic (exact) mass is 449 g/mol. The summed E-state index contributed by atoms with van der Waals surface area (Å²) in [4.78, 5) is 52.5. The molecule has 1 N–H and O–H groups in total. The molecule has 1 aliphatic heterocycles. The average molecular weight is 450 g/mol. The van der Waals surface area contributed by atoms with Gasteiger partial charge in [-0.3, -0.25) is 9.59 Å². The molecule has 33 heavy (non-hydrogen) atoms. The predicted molar refractivity (Wildman–Crippen MR) is 121 cm³/mol. The Kier molecular flexibility index (Phi) is 4.41. The highest BCUT2D eigenvalue weighted by molar-refractivity contribution is 6.13. The Hall–Kier alpha value is -3.42. The summed E-state index contributed by atoms with van der Waals surface area (Å²) in [6, 6.07) is 3.21. The number of allylic oxidation sites excluding steroid dienone is 4. The number of nitrogens with zero attached hydrogens (tertiary/aromatic N) is 3. The number of aromatic hydroxyl groups is 1. The van der Waals surface area contributed by atoms with E-state index < -0.39 is 34.7 Å². The Morgan fingerprint density at radius 3 is 2.30 bits per heavy atom. The summed E-state index contributed by atoms with van der Waals surface area (Å²) >= 11 is 0. The van der Waals surface area contributed by atoms with E-state index >= 15 is 0 Å². The molecule has 8 heteroatoms. The van der Waals surface area contributed by atoms with Crippen molar-refractivity contribution in [1.82, 2.24) is 13.9 Å². The number of hydrogen-bond donors (Lipinski definition) is 1. The van der Waals surface area contributed by atoms with E-state index in [0.29, 0.717) is 16.7 Å². The van der Waals surface area contributed by atoms with Crippen LogP contribution in [0.1, 0.15) is 48.9 Å². The summed E-state index contributed by atoms with van der Waals surface area (Å²) in [5.41, 5.74) is 1.60. The van der Waals surface area contributed by atoms with Crippen LogP contribution >= 0.6 is 0 Å². The maximum Gasteiger partial charge on any atom is 0.347 e. The highest BCUT2D eigenvalue weighted by atomic mass is 16.3. The molecule has 2 aromatic rings. The fraction of sp³-hybridized carbons (Fsp3) is 0.440. The van der Waals surface area contributed by atoms with E-state index in [2.05, 4.69) is 0 Å². The van der Waals surface area contributed by atoms with Gasteiger partial charge in [0.05, 0.1) is 18.0 Å². The zero-order chi connectivity index (χ0) is 24.0. The number of benzene rings is 1. The normalized spacial score (nSPS) is 28.6. The number of carbonyl (C=O) groups is 2. The number of ketones is 2. The molecule has 1 aromatic carbocycles. The van der Waals surface area contributed by atoms with Crippen molar-refractivity contribution in [2.75, 3.05) is 0 Å². The molecule has 2 heterocycles. The lowest BCUT2D eigenvalue weighted by Crippen LogP contribution is -2.54. The van der Waals surface area contributed by atoms with Gasteiger partial charge in [-0.15, -0.1) is 0 Å². The third-order valence-electron chi connectivity index (χ3n) is 7.94. The van der Waals surface area contributed by atoms with Gasteiger partial charge in [0.1, 0.15) is 5.75 Å². The maximum atomic E-state index is 13.7. The number of aromatic nitrogens is 3. The van der Waals surface area contributed by atoms with Gasteiger partial charge < -0.3 is 5.11 Å². The summed E-state index contributed by atoms with van der Waals surface area (Å²) < 4.78 is 3.93. The minimum Gasteiger partial charge on any atom is -0.507 e. The summed E-state index contributed by atoms with van der Waals surface area (Å²) in [6.07, 6.45) is 3.62. The zero-order valence-corrected chi connectivity index (χ0v) is 19.4. The van der Waals surface area contributed by atoms with Gasteiger partial charge in [0.2, 0.25) is 0 Å². The number of Topliss-reactive ketones (excluding diaryl/α,β-unsaturated/α-hetero) is 1. The van der Waals surface area contributed by atoms with Crippen molar-refractivity contribution >= 4 is 11.6 Å². The molecule has 172 valence electrons. The van der Waals surface area contributed by atoms with E-state index in [-0.39, 0.29) is 30.3 Å². The number of fused-ring (bicyclic) bond motifs is 4. The lowest BCUT2D eigenvalue weighted by Gasteiger charge is -2.52. The van der Waals surface area contributed by atoms with Crippen molar-refractivity contribution in [2.24, 2.45) is 18.4 Å². The third-order valence-corrected chi connectivity index (χ3v) is 7.94. The first-order valence-corrected chi connectivity index (χ1v) is 11.1. The quantitative estimate of drug-likeness (QED) is 0.672. The molecule has 1 aromatic heterocycles. The Balaban J connectivity index is 1.82. The molecule has 1 fully saturated rings. The number of phenolic OH excluding ortho intramolecular Hbond substituents is 1. The standard InChI is InChI=1S/C25H27N3O5/c1-12-8-15(9-13(2)21(12)30)20-16-6-7-27-23(32)26(5)24(33)28(27)18(16)11-17-19(29)10-14(3)22(31)25(17,20)4/h6,8-10,17-18,20,30H,7,11H2,1-5H3/t17-,18+,20-,25+/m0/s1. The van der Waals surface area contributed by atoms with E-state index in [1.807, 2.05) is 25.1 Å². The van der Waals surface area contributed by atoms with Crippen molar-refractivity contribution in [1.29, 1.82) is 0 Å². The van der Waals surface area contributed by atoms with E-state index in [1.54, 1.807) is 20.8 Å². The summed E-state index contributed by atoms with van der Waals surface area (Å²) in [6.45, 7) is 7.35. The Morgan fingerprint density at radius 1 is 1.03 bits per heavy atom. The molecule has 4 atom stereocenters. The highest BCUT2D eigenvalue weighted by Gasteiger charge is 2.59. The first-order valence-electron chi connectivity index (χ1n) is 11.1. The smallest absolute Gasteiger partial charge is 0.347 e. The molecule has 0 spiro atoms. The van der Waals surface area contributed by atoms with E-state index in [1.165, 1.54) is 22.5 Å². The van der Waals surface area contributed by atoms with Gasteiger partial charge in [-0.2, -0.15) is 0 Å². The molecule has 0 unspecified atom stereocenters. The molecule has 1 saturated carbocycles. The van der Waals surface area contributed by atoms with Crippen molar-refractivity contribution in [3.63, 3.8) is 0 Å². The molecule has 0 saturated heterocycles. The van der Waals surface area contributed by atoms with Crippen LogP contribution in [-0.4, -0.2) is 30.6 Å². The van der Waals surface area contributed by atoms with Gasteiger partial charge >= 0.3 is 11.4 Å². The summed E-state index contributed by atoms with van der Waals surface area (Å²) in [7, 11) is 1.45. The molecular formula is C25H27N3O5. The average Bonchev–Trinajstić information content (AvgIpc) is 2.99. The lowest BCUT2D eigenvalue weighted by atomic mass is 9.51. The van der Waals surface area contributed by atoms with Gasteiger partial charge in [0.25, 0.3) is 0 Å². The van der Waals surface area contributed by atoms with Gasteiger partial charge in [0, 0.05) is 18.9 Å². The van der Waals surface area contributed by atoms with Crippen LogP contribution in [0.5, 0.6) is 5.75 Å². The van der Waals surface area contributed by atoms with E-state index in [9.17, 15) is 24.3 Å². The Morgan fingerprint density at radius 2 is 1.67 bits per heavy atom. The fourth-order valence-corrected chi connectivity index (χ4v) is 6.30. The molecule has 2 aliphatic carbocycles. The van der Waals surface area contributed by atoms with Crippen LogP contribution in [-0.2, 0) is 23.2 Å². The van der Waals surface area contributed by atoms with Crippen LogP contribution in [0, 0.1) is 25.2 Å². The van der Waals surface area contributed by atoms with Gasteiger partial charge in [-0.1, -0.05) is 25.1 Å². The van der Waals surface area contributed by atoms with Gasteiger partial charge in [-0.25, -0.2) is 23.5 Å². The fourth-order valence-electron chi connectivity index (χ4n) is 6.30. The SMILES string of the molecule is CC1=CC(=O)[C@@H]2C[C@@H]3C(=CCn4c(=O)n(C)c(=O)n43)[C@H](c3cc(C)c(O)c(C)c3)[C@]2(C)C1=O.